The second-order valence-electron chi connectivity index (χ2n) is 7.81. The summed E-state index contributed by atoms with van der Waals surface area (Å²) in [5, 5.41) is 17.2. The summed E-state index contributed by atoms with van der Waals surface area (Å²) in [6.45, 7) is 3.82. The molecule has 0 saturated heterocycles. The van der Waals surface area contributed by atoms with E-state index in [-0.39, 0.29) is 16.8 Å². The number of benzene rings is 3. The molecule has 0 spiro atoms. The number of carbonyl (C=O) groups is 1. The summed E-state index contributed by atoms with van der Waals surface area (Å²) in [6, 6.07) is 14.2. The fourth-order valence-corrected chi connectivity index (χ4v) is 4.13. The van der Waals surface area contributed by atoms with Crippen molar-refractivity contribution in [1.29, 1.82) is 0 Å². The monoisotopic (exact) mass is 525 g/mol. The zero-order valence-corrected chi connectivity index (χ0v) is 21.2. The smallest absolute Gasteiger partial charge is 0.250 e. The van der Waals surface area contributed by atoms with Crippen LogP contribution in [0.1, 0.15) is 23.6 Å². The number of nitrogens with one attached hydrogen (secondary N) is 2. The first-order chi connectivity index (χ1) is 16.7. The number of aryl methyl sites for hydroxylation is 2. The van der Waals surface area contributed by atoms with Gasteiger partial charge in [0, 0.05) is 21.8 Å². The zero-order chi connectivity index (χ0) is 25.1. The minimum absolute atomic E-state index is 0.0514. The summed E-state index contributed by atoms with van der Waals surface area (Å²) in [7, 11) is 0. The van der Waals surface area contributed by atoms with Gasteiger partial charge in [-0.2, -0.15) is 0 Å². The normalized spacial score (nSPS) is 11.2. The predicted octanol–water partition coefficient (Wildman–Crippen LogP) is 6.90. The maximum absolute atomic E-state index is 12.3. The molecule has 35 heavy (non-hydrogen) atoms. The van der Waals surface area contributed by atoms with Crippen LogP contribution in [0.2, 0.25) is 10.0 Å². The lowest BCUT2D eigenvalue weighted by Crippen LogP contribution is -2.32. The van der Waals surface area contributed by atoms with Crippen LogP contribution in [-0.4, -0.2) is 21.1 Å². The Bertz CT molecular complexity index is 1480. The van der Waals surface area contributed by atoms with Gasteiger partial charge in [-0.15, -0.1) is 0 Å². The van der Waals surface area contributed by atoms with E-state index in [0.717, 1.165) is 12.0 Å². The standard InChI is InChI=1S/C26H21Cl2N3O3S/c1-3-15-4-8-22-21(11-15)30-25(34-22)19-13-18(10-14(2)24(19)33)29-26(35)31-23(32)9-6-16-5-7-17(27)12-20(16)28/h4-13,33H,3H2,1-2H3,(H2,29,31,32,35). The summed E-state index contributed by atoms with van der Waals surface area (Å²) in [6.07, 6.45) is 3.77. The highest BCUT2D eigenvalue weighted by molar-refractivity contribution is 7.80. The van der Waals surface area contributed by atoms with E-state index >= 15 is 0 Å². The second kappa shape index (κ2) is 10.5. The number of halogens is 2. The number of aromatic nitrogens is 1. The molecule has 0 atom stereocenters. The van der Waals surface area contributed by atoms with Gasteiger partial charge in [0.1, 0.15) is 11.3 Å². The molecule has 0 aliphatic heterocycles. The Kier molecular flexibility index (Phi) is 7.40. The van der Waals surface area contributed by atoms with Gasteiger partial charge in [0.05, 0.1) is 5.56 Å². The Morgan fingerprint density at radius 2 is 1.97 bits per heavy atom. The van der Waals surface area contributed by atoms with Crippen LogP contribution in [0.5, 0.6) is 5.75 Å². The molecule has 0 bridgehead atoms. The summed E-state index contributed by atoms with van der Waals surface area (Å²) >= 11 is 17.3. The van der Waals surface area contributed by atoms with E-state index in [0.29, 0.717) is 43.5 Å². The molecule has 3 aromatic carbocycles. The molecule has 178 valence electrons. The molecule has 1 amide bonds. The van der Waals surface area contributed by atoms with Crippen molar-refractivity contribution >= 4 is 69.3 Å². The van der Waals surface area contributed by atoms with E-state index in [1.165, 1.54) is 6.08 Å². The van der Waals surface area contributed by atoms with Crippen LogP contribution in [-0.2, 0) is 11.2 Å². The minimum Gasteiger partial charge on any atom is -0.507 e. The van der Waals surface area contributed by atoms with E-state index in [1.54, 1.807) is 43.3 Å². The molecule has 9 heteroatoms. The van der Waals surface area contributed by atoms with Crippen LogP contribution in [0, 0.1) is 6.92 Å². The van der Waals surface area contributed by atoms with Crippen molar-refractivity contribution in [1.82, 2.24) is 10.3 Å². The van der Waals surface area contributed by atoms with Gasteiger partial charge in [-0.05, 0) is 84.7 Å². The molecule has 4 aromatic rings. The zero-order valence-electron chi connectivity index (χ0n) is 18.9. The average molecular weight is 526 g/mol. The fraction of sp³-hybridized carbons (Fsp3) is 0.115. The van der Waals surface area contributed by atoms with Crippen LogP contribution < -0.4 is 10.6 Å². The van der Waals surface area contributed by atoms with Gasteiger partial charge in [0.2, 0.25) is 11.8 Å². The predicted molar refractivity (Wildman–Crippen MR) is 145 cm³/mol. The van der Waals surface area contributed by atoms with Crippen molar-refractivity contribution in [3.63, 3.8) is 0 Å². The number of oxazole rings is 1. The Balaban J connectivity index is 1.50. The molecule has 0 aliphatic rings. The van der Waals surface area contributed by atoms with E-state index in [2.05, 4.69) is 22.5 Å². The van der Waals surface area contributed by atoms with E-state index in [1.807, 2.05) is 18.2 Å². The maximum Gasteiger partial charge on any atom is 0.250 e. The van der Waals surface area contributed by atoms with Crippen LogP contribution in [0.15, 0.2) is 59.0 Å². The third-order valence-corrected chi connectivity index (χ3v) is 6.03. The molecule has 4 rings (SSSR count). The number of anilines is 1. The number of phenolic OH excluding ortho intramolecular Hbond substituents is 1. The lowest BCUT2D eigenvalue weighted by molar-refractivity contribution is -0.115. The second-order valence-corrected chi connectivity index (χ2v) is 9.06. The first-order valence-electron chi connectivity index (χ1n) is 10.7. The summed E-state index contributed by atoms with van der Waals surface area (Å²) in [5.74, 6) is -0.0966. The Hall–Kier alpha value is -3.39. The van der Waals surface area contributed by atoms with Gasteiger partial charge in [-0.25, -0.2) is 4.98 Å². The van der Waals surface area contributed by atoms with E-state index in [4.69, 9.17) is 39.8 Å². The number of fused-ring (bicyclic) bond motifs is 1. The van der Waals surface area contributed by atoms with E-state index < -0.39 is 5.91 Å². The number of hydrogen-bond acceptors (Lipinski definition) is 5. The van der Waals surface area contributed by atoms with Crippen molar-refractivity contribution in [3.05, 3.63) is 81.3 Å². The van der Waals surface area contributed by atoms with Crippen LogP contribution in [0.3, 0.4) is 0 Å². The van der Waals surface area contributed by atoms with Crippen molar-refractivity contribution in [2.45, 2.75) is 20.3 Å². The van der Waals surface area contributed by atoms with Crippen molar-refractivity contribution < 1.29 is 14.3 Å². The van der Waals surface area contributed by atoms with Crippen molar-refractivity contribution in [2.24, 2.45) is 0 Å². The Morgan fingerprint density at radius 3 is 2.71 bits per heavy atom. The van der Waals surface area contributed by atoms with Gasteiger partial charge in [-0.1, -0.05) is 42.3 Å². The van der Waals surface area contributed by atoms with Crippen molar-refractivity contribution in [2.75, 3.05) is 5.32 Å². The first-order valence-corrected chi connectivity index (χ1v) is 11.9. The summed E-state index contributed by atoms with van der Waals surface area (Å²) in [4.78, 5) is 16.8. The Morgan fingerprint density at radius 1 is 1.17 bits per heavy atom. The third kappa shape index (κ3) is 5.82. The van der Waals surface area contributed by atoms with Crippen LogP contribution in [0.4, 0.5) is 5.69 Å². The SMILES string of the molecule is CCc1ccc2oc(-c3cc(NC(=S)NC(=O)C=Cc4ccc(Cl)cc4Cl)cc(C)c3O)nc2c1. The van der Waals surface area contributed by atoms with Crippen LogP contribution >= 0.6 is 35.4 Å². The molecular formula is C26H21Cl2N3O3S. The summed E-state index contributed by atoms with van der Waals surface area (Å²) < 4.78 is 5.88. The molecule has 0 radical (unpaired) electrons. The number of carbonyl (C=O) groups excluding carboxylic acids is 1. The van der Waals surface area contributed by atoms with Gasteiger partial charge >= 0.3 is 0 Å². The van der Waals surface area contributed by atoms with Gasteiger partial charge in [0.15, 0.2) is 10.7 Å². The van der Waals surface area contributed by atoms with Crippen molar-refractivity contribution in [3.8, 4) is 17.2 Å². The first kappa shape index (κ1) is 24.7. The molecular weight excluding hydrogens is 505 g/mol. The summed E-state index contributed by atoms with van der Waals surface area (Å²) in [5.41, 5.74) is 4.69. The lowest BCUT2D eigenvalue weighted by Gasteiger charge is -2.12. The molecule has 0 aliphatic carbocycles. The lowest BCUT2D eigenvalue weighted by atomic mass is 10.1. The molecule has 0 fully saturated rings. The number of phenols is 1. The number of aromatic hydroxyl groups is 1. The number of amides is 1. The molecule has 6 nitrogen and oxygen atoms in total. The highest BCUT2D eigenvalue weighted by Gasteiger charge is 2.16. The quantitative estimate of drug-likeness (QED) is 0.149. The maximum atomic E-state index is 12.3. The highest BCUT2D eigenvalue weighted by Crippen LogP contribution is 2.36. The molecule has 1 aromatic heterocycles. The highest BCUT2D eigenvalue weighted by atomic mass is 35.5. The molecule has 0 unspecified atom stereocenters. The minimum atomic E-state index is -0.435. The van der Waals surface area contributed by atoms with E-state index in [9.17, 15) is 9.90 Å². The number of thiocarbonyl (C=S) groups is 1. The van der Waals surface area contributed by atoms with Crippen LogP contribution in [0.25, 0.3) is 28.6 Å². The van der Waals surface area contributed by atoms with Gasteiger partial charge in [0.25, 0.3) is 0 Å². The third-order valence-electron chi connectivity index (χ3n) is 5.26. The topological polar surface area (TPSA) is 87.4 Å². The Labute approximate surface area is 217 Å². The number of hydrogen-bond donors (Lipinski definition) is 3. The molecule has 0 saturated carbocycles. The fourth-order valence-electron chi connectivity index (χ4n) is 3.44. The molecule has 3 N–H and O–H groups in total. The number of rotatable bonds is 5. The van der Waals surface area contributed by atoms with Gasteiger partial charge < -0.3 is 14.8 Å². The number of nitrogens with zero attached hydrogens (tertiary/aromatic N) is 1. The molecule has 1 heterocycles. The largest absolute Gasteiger partial charge is 0.507 e. The van der Waals surface area contributed by atoms with Gasteiger partial charge in [-0.3, -0.25) is 10.1 Å². The average Bonchev–Trinajstić information content (AvgIpc) is 3.23.